The Morgan fingerprint density at radius 1 is 1.03 bits per heavy atom. The molecule has 2 heterocycles. The van der Waals surface area contributed by atoms with Gasteiger partial charge in [0.15, 0.2) is 5.60 Å². The van der Waals surface area contributed by atoms with Gasteiger partial charge in [0, 0.05) is 25.3 Å². The normalized spacial score (nSPS) is 19.2. The second-order valence-electron chi connectivity index (χ2n) is 8.76. The number of rotatable bonds is 8. The fourth-order valence-electron chi connectivity index (χ4n) is 4.09. The van der Waals surface area contributed by atoms with Crippen LogP contribution in [0.5, 0.6) is 0 Å². The van der Waals surface area contributed by atoms with Crippen LogP contribution in [0.3, 0.4) is 0 Å². The molecule has 11 heteroatoms. The lowest BCUT2D eigenvalue weighted by molar-refractivity contribution is -0.258. The summed E-state index contributed by atoms with van der Waals surface area (Å²) in [4.78, 5) is 1.94. The maximum atomic E-state index is 13.2. The third-order valence-electron chi connectivity index (χ3n) is 6.27. The third-order valence-corrected chi connectivity index (χ3v) is 9.51. The Labute approximate surface area is 212 Å². The number of ether oxygens (including phenoxy) is 1. The largest absolute Gasteiger partial charge is 0.421 e. The fraction of sp³-hybridized carbons (Fsp3) is 0.360. The molecule has 0 saturated carbocycles. The van der Waals surface area contributed by atoms with E-state index >= 15 is 0 Å². The van der Waals surface area contributed by atoms with Gasteiger partial charge in [-0.3, -0.25) is 0 Å². The van der Waals surface area contributed by atoms with E-state index in [-0.39, 0.29) is 35.5 Å². The molecule has 0 radical (unpaired) electrons. The van der Waals surface area contributed by atoms with E-state index in [2.05, 4.69) is 0 Å². The molecule has 1 unspecified atom stereocenters. The monoisotopic (exact) mass is 540 g/mol. The predicted octanol–water partition coefficient (Wildman–Crippen LogP) is 4.61. The molecule has 36 heavy (non-hydrogen) atoms. The molecule has 1 fully saturated rings. The summed E-state index contributed by atoms with van der Waals surface area (Å²) in [6.45, 7) is 1.99. The molecular weight excluding hydrogens is 513 g/mol. The van der Waals surface area contributed by atoms with Gasteiger partial charge in [-0.1, -0.05) is 48.5 Å². The van der Waals surface area contributed by atoms with E-state index in [1.165, 1.54) is 28.6 Å². The number of aliphatic hydroxyl groups is 1. The summed E-state index contributed by atoms with van der Waals surface area (Å²) in [7, 11) is -3.67. The van der Waals surface area contributed by atoms with Gasteiger partial charge < -0.3 is 14.7 Å². The van der Waals surface area contributed by atoms with Crippen molar-refractivity contribution < 1.29 is 31.4 Å². The van der Waals surface area contributed by atoms with Crippen molar-refractivity contribution >= 4 is 27.0 Å². The second-order valence-corrected chi connectivity index (χ2v) is 11.9. The molecule has 2 atom stereocenters. The summed E-state index contributed by atoms with van der Waals surface area (Å²) in [6.07, 6.45) is -4.82. The number of hydrogen-bond donors (Lipinski definition) is 1. The SMILES string of the molecule is CC(O)(c1ccc(N2CCN(S(=O)(=O)c3cccs3)C[C@@H]2COCc2ccccc2)cc1)C(F)(F)F. The molecule has 1 N–H and O–H groups in total. The van der Waals surface area contributed by atoms with Crippen LogP contribution in [-0.2, 0) is 27.0 Å². The number of anilines is 1. The lowest BCUT2D eigenvalue weighted by Crippen LogP contribution is -2.56. The Morgan fingerprint density at radius 3 is 2.33 bits per heavy atom. The first-order chi connectivity index (χ1) is 17.0. The van der Waals surface area contributed by atoms with E-state index in [1.54, 1.807) is 17.5 Å². The van der Waals surface area contributed by atoms with Gasteiger partial charge in [0.25, 0.3) is 10.0 Å². The lowest BCUT2D eigenvalue weighted by Gasteiger charge is -2.42. The van der Waals surface area contributed by atoms with Crippen molar-refractivity contribution in [1.82, 2.24) is 4.31 Å². The number of hydrogen-bond acceptors (Lipinski definition) is 6. The van der Waals surface area contributed by atoms with E-state index < -0.39 is 21.8 Å². The van der Waals surface area contributed by atoms with E-state index in [9.17, 15) is 26.7 Å². The highest BCUT2D eigenvalue weighted by Crippen LogP contribution is 2.39. The van der Waals surface area contributed by atoms with Crippen LogP contribution in [0.15, 0.2) is 76.3 Å². The van der Waals surface area contributed by atoms with Crippen LogP contribution in [0, 0.1) is 0 Å². The van der Waals surface area contributed by atoms with Gasteiger partial charge in [-0.25, -0.2) is 8.42 Å². The molecule has 0 amide bonds. The topological polar surface area (TPSA) is 70.1 Å². The first kappa shape index (κ1) is 26.6. The summed E-state index contributed by atoms with van der Waals surface area (Å²) in [5.41, 5.74) is -1.65. The third kappa shape index (κ3) is 5.60. The van der Waals surface area contributed by atoms with E-state index in [0.717, 1.165) is 23.8 Å². The van der Waals surface area contributed by atoms with Crippen molar-refractivity contribution in [1.29, 1.82) is 0 Å². The molecule has 0 bridgehead atoms. The Morgan fingerprint density at radius 2 is 1.72 bits per heavy atom. The molecule has 0 spiro atoms. The van der Waals surface area contributed by atoms with Gasteiger partial charge in [0.1, 0.15) is 4.21 Å². The molecule has 2 aromatic carbocycles. The number of alkyl halides is 3. The number of sulfonamides is 1. The quantitative estimate of drug-likeness (QED) is 0.452. The molecule has 1 aromatic heterocycles. The minimum absolute atomic E-state index is 0.164. The average Bonchev–Trinajstić information content (AvgIpc) is 3.40. The van der Waals surface area contributed by atoms with E-state index in [0.29, 0.717) is 18.8 Å². The van der Waals surface area contributed by atoms with Gasteiger partial charge >= 0.3 is 6.18 Å². The zero-order valence-electron chi connectivity index (χ0n) is 19.6. The van der Waals surface area contributed by atoms with Crippen LogP contribution in [0.4, 0.5) is 18.9 Å². The van der Waals surface area contributed by atoms with E-state index in [4.69, 9.17) is 4.74 Å². The highest BCUT2D eigenvalue weighted by molar-refractivity contribution is 7.91. The van der Waals surface area contributed by atoms with Crippen molar-refractivity contribution in [3.63, 3.8) is 0 Å². The van der Waals surface area contributed by atoms with Gasteiger partial charge in [-0.2, -0.15) is 17.5 Å². The summed E-state index contributed by atoms with van der Waals surface area (Å²) in [6, 6.07) is 18.0. The predicted molar refractivity (Wildman–Crippen MR) is 132 cm³/mol. The summed E-state index contributed by atoms with van der Waals surface area (Å²) in [5, 5.41) is 11.7. The van der Waals surface area contributed by atoms with Crippen molar-refractivity contribution in [2.45, 2.75) is 35.6 Å². The highest BCUT2D eigenvalue weighted by atomic mass is 32.2. The molecule has 6 nitrogen and oxygen atoms in total. The van der Waals surface area contributed by atoms with Crippen molar-refractivity contribution in [3.05, 3.63) is 83.2 Å². The molecule has 1 saturated heterocycles. The molecule has 3 aromatic rings. The first-order valence-electron chi connectivity index (χ1n) is 11.3. The lowest BCUT2D eigenvalue weighted by atomic mass is 9.95. The Hall–Kier alpha value is -2.44. The minimum atomic E-state index is -4.82. The highest BCUT2D eigenvalue weighted by Gasteiger charge is 2.51. The molecule has 194 valence electrons. The summed E-state index contributed by atoms with van der Waals surface area (Å²) >= 11 is 1.15. The molecule has 1 aliphatic rings. The minimum Gasteiger partial charge on any atom is -0.376 e. The molecule has 4 rings (SSSR count). The summed E-state index contributed by atoms with van der Waals surface area (Å²) < 4.78 is 73.6. The zero-order valence-corrected chi connectivity index (χ0v) is 21.2. The Bertz CT molecular complexity index is 1230. The Kier molecular flexibility index (Phi) is 7.77. The van der Waals surface area contributed by atoms with Crippen LogP contribution >= 0.6 is 11.3 Å². The second kappa shape index (κ2) is 10.5. The molecular formula is C25H27F3N2O4S2. The van der Waals surface area contributed by atoms with Crippen LogP contribution in [0.25, 0.3) is 0 Å². The molecule has 1 aliphatic heterocycles. The van der Waals surface area contributed by atoms with Gasteiger partial charge in [-0.15, -0.1) is 11.3 Å². The Balaban J connectivity index is 1.55. The smallest absolute Gasteiger partial charge is 0.376 e. The maximum Gasteiger partial charge on any atom is 0.421 e. The number of halogens is 3. The van der Waals surface area contributed by atoms with Gasteiger partial charge in [0.05, 0.1) is 19.3 Å². The van der Waals surface area contributed by atoms with Crippen LogP contribution in [0.1, 0.15) is 18.1 Å². The van der Waals surface area contributed by atoms with Crippen molar-refractivity contribution in [2.75, 3.05) is 31.1 Å². The van der Waals surface area contributed by atoms with Crippen LogP contribution < -0.4 is 4.90 Å². The number of thiophene rings is 1. The number of benzene rings is 2. The molecule has 0 aliphatic carbocycles. The van der Waals surface area contributed by atoms with Gasteiger partial charge in [-0.05, 0) is 41.6 Å². The zero-order chi connectivity index (χ0) is 26.0. The number of nitrogens with zero attached hydrogens (tertiary/aromatic N) is 2. The standard InChI is InChI=1S/C25H27F3N2O4S2/c1-24(31,25(26,27)28)20-9-11-21(12-10-20)30-14-13-29(36(32,33)23-8-5-15-35-23)16-22(30)18-34-17-19-6-3-2-4-7-19/h2-12,15,22,31H,13-14,16-18H2,1H3/t22-,24?/m1/s1. The fourth-order valence-corrected chi connectivity index (χ4v) is 6.71. The van der Waals surface area contributed by atoms with Crippen molar-refractivity contribution in [3.8, 4) is 0 Å². The van der Waals surface area contributed by atoms with E-state index in [1.807, 2.05) is 35.2 Å². The number of piperazine rings is 1. The van der Waals surface area contributed by atoms with Crippen molar-refractivity contribution in [2.24, 2.45) is 0 Å². The maximum absolute atomic E-state index is 13.2. The van der Waals surface area contributed by atoms with Crippen LogP contribution in [-0.4, -0.2) is 56.3 Å². The average molecular weight is 541 g/mol. The first-order valence-corrected chi connectivity index (χ1v) is 13.6. The summed E-state index contributed by atoms with van der Waals surface area (Å²) in [5.74, 6) is 0. The van der Waals surface area contributed by atoms with Gasteiger partial charge in [0.2, 0.25) is 0 Å². The van der Waals surface area contributed by atoms with Crippen LogP contribution in [0.2, 0.25) is 0 Å².